The van der Waals surface area contributed by atoms with E-state index in [0.717, 1.165) is 27.8 Å². The van der Waals surface area contributed by atoms with Gasteiger partial charge in [-0.3, -0.25) is 14.8 Å². The van der Waals surface area contributed by atoms with Crippen LogP contribution < -0.4 is 10.8 Å². The van der Waals surface area contributed by atoms with Gasteiger partial charge in [0.25, 0.3) is 5.91 Å². The van der Waals surface area contributed by atoms with Crippen molar-refractivity contribution in [3.8, 4) is 0 Å². The molecule has 4 rings (SSSR count). The molecule has 0 heterocycles. The number of benzene rings is 3. The third kappa shape index (κ3) is 4.66. The molecule has 6 heteroatoms. The van der Waals surface area contributed by atoms with Gasteiger partial charge in [0.1, 0.15) is 5.82 Å². The fraction of sp³-hybridized carbons (Fsp3) is 0.0769. The molecule has 0 fully saturated rings. The van der Waals surface area contributed by atoms with Gasteiger partial charge in [0.15, 0.2) is 0 Å². The lowest BCUT2D eigenvalue weighted by molar-refractivity contribution is -0.117. The second-order valence-corrected chi connectivity index (χ2v) is 7.43. The molecule has 1 aliphatic rings. The van der Waals surface area contributed by atoms with Gasteiger partial charge in [-0.15, -0.1) is 0 Å². The Morgan fingerprint density at radius 3 is 2.19 bits per heavy atom. The van der Waals surface area contributed by atoms with Crippen molar-refractivity contribution in [2.24, 2.45) is 0 Å². The zero-order chi connectivity index (χ0) is 22.5. The summed E-state index contributed by atoms with van der Waals surface area (Å²) in [4.78, 5) is 24.5. The first kappa shape index (κ1) is 21.2. The van der Waals surface area contributed by atoms with Crippen molar-refractivity contribution in [2.45, 2.75) is 13.0 Å². The maximum absolute atomic E-state index is 13.4. The minimum atomic E-state index is -0.597. The third-order valence-corrected chi connectivity index (χ3v) is 5.36. The molecule has 3 aromatic rings. The average molecular weight is 428 g/mol. The van der Waals surface area contributed by atoms with E-state index in [9.17, 15) is 14.0 Å². The molecule has 0 aromatic heterocycles. The van der Waals surface area contributed by atoms with Gasteiger partial charge < -0.3 is 5.32 Å². The first-order valence-electron chi connectivity index (χ1n) is 10.1. The van der Waals surface area contributed by atoms with E-state index in [-0.39, 0.29) is 18.3 Å². The van der Waals surface area contributed by atoms with Crippen LogP contribution in [0.2, 0.25) is 0 Å². The molecule has 0 saturated heterocycles. The van der Waals surface area contributed by atoms with Gasteiger partial charge >= 0.3 is 0 Å². The molecule has 0 bridgehead atoms. The predicted octanol–water partition coefficient (Wildman–Crippen LogP) is 4.50. The maximum atomic E-state index is 13.4. The number of allylic oxidation sites excluding steroid dienone is 3. The Labute approximate surface area is 184 Å². The van der Waals surface area contributed by atoms with Crippen molar-refractivity contribution in [3.63, 3.8) is 0 Å². The van der Waals surface area contributed by atoms with Gasteiger partial charge in [-0.1, -0.05) is 54.6 Å². The van der Waals surface area contributed by atoms with Crippen LogP contribution >= 0.6 is 0 Å². The summed E-state index contributed by atoms with van der Waals surface area (Å²) in [7, 11) is 0. The smallest absolute Gasteiger partial charge is 0.274 e. The van der Waals surface area contributed by atoms with Crippen molar-refractivity contribution < 1.29 is 19.2 Å². The summed E-state index contributed by atoms with van der Waals surface area (Å²) < 4.78 is 13.4. The number of hydrogen-bond acceptors (Lipinski definition) is 3. The van der Waals surface area contributed by atoms with Crippen LogP contribution in [0, 0.1) is 5.82 Å². The highest BCUT2D eigenvalue weighted by molar-refractivity contribution is 6.09. The minimum Gasteiger partial charge on any atom is -0.348 e. The van der Waals surface area contributed by atoms with E-state index >= 15 is 0 Å². The molecule has 0 atom stereocenters. The molecule has 5 nitrogen and oxygen atoms in total. The zero-order valence-electron chi connectivity index (χ0n) is 17.1. The summed E-state index contributed by atoms with van der Waals surface area (Å²) in [5.74, 6) is -1.13. The summed E-state index contributed by atoms with van der Waals surface area (Å²) >= 11 is 0. The number of carbonyl (C=O) groups excluding carboxylic acids is 2. The highest BCUT2D eigenvalue weighted by Gasteiger charge is 2.23. The van der Waals surface area contributed by atoms with Crippen LogP contribution in [0.4, 0.5) is 4.39 Å². The lowest BCUT2D eigenvalue weighted by Gasteiger charge is -2.10. The summed E-state index contributed by atoms with van der Waals surface area (Å²) in [6.07, 6.45) is 2.46. The molecule has 32 heavy (non-hydrogen) atoms. The fourth-order valence-electron chi connectivity index (χ4n) is 3.65. The first-order chi connectivity index (χ1) is 15.5. The number of hydroxylamine groups is 1. The van der Waals surface area contributed by atoms with Gasteiger partial charge in [0.2, 0.25) is 5.91 Å². The van der Waals surface area contributed by atoms with E-state index in [2.05, 4.69) is 5.32 Å². The molecule has 3 N–H and O–H groups in total. The molecule has 0 saturated carbocycles. The van der Waals surface area contributed by atoms with Gasteiger partial charge in [-0.25, -0.2) is 9.87 Å². The van der Waals surface area contributed by atoms with Crippen LogP contribution in [0.5, 0.6) is 0 Å². The number of rotatable bonds is 6. The average Bonchev–Trinajstić information content (AvgIpc) is 3.29. The van der Waals surface area contributed by atoms with Crippen molar-refractivity contribution in [2.75, 3.05) is 0 Å². The number of carbonyl (C=O) groups is 2. The van der Waals surface area contributed by atoms with Crippen molar-refractivity contribution in [3.05, 3.63) is 119 Å². The van der Waals surface area contributed by atoms with Gasteiger partial charge in [-0.05, 0) is 58.2 Å². The van der Waals surface area contributed by atoms with Gasteiger partial charge in [0.05, 0.1) is 0 Å². The van der Waals surface area contributed by atoms with E-state index in [1.54, 1.807) is 41.9 Å². The normalized spacial score (nSPS) is 13.0. The number of halogens is 1. The molecule has 0 spiro atoms. The van der Waals surface area contributed by atoms with Gasteiger partial charge in [0, 0.05) is 24.1 Å². The highest BCUT2D eigenvalue weighted by atomic mass is 19.1. The standard InChI is InChI=1S/C26H21FN2O3/c27-22-12-10-19(11-13-22)23-14-21(18-4-2-1-3-5-18)15-24(23)26(31)28-16-17-6-8-20(9-7-17)25(30)29-32/h1-14,32H,15-16H2,(H,28,31)(H,29,30). The molecular weight excluding hydrogens is 407 g/mol. The quantitative estimate of drug-likeness (QED) is 0.400. The number of amides is 2. The molecule has 3 aromatic carbocycles. The van der Waals surface area contributed by atoms with Crippen LogP contribution in [-0.2, 0) is 11.3 Å². The Bertz CT molecular complexity index is 1200. The third-order valence-electron chi connectivity index (χ3n) is 5.36. The Hall–Kier alpha value is -4.03. The second kappa shape index (κ2) is 9.41. The molecule has 160 valence electrons. The first-order valence-corrected chi connectivity index (χ1v) is 10.1. The molecule has 1 aliphatic carbocycles. The van der Waals surface area contributed by atoms with Crippen molar-refractivity contribution >= 4 is 23.0 Å². The summed E-state index contributed by atoms with van der Waals surface area (Å²) in [6.45, 7) is 0.278. The van der Waals surface area contributed by atoms with E-state index in [1.165, 1.54) is 12.1 Å². The topological polar surface area (TPSA) is 78.4 Å². The largest absolute Gasteiger partial charge is 0.348 e. The Balaban J connectivity index is 1.55. The summed E-state index contributed by atoms with van der Waals surface area (Å²) in [6, 6.07) is 22.5. The highest BCUT2D eigenvalue weighted by Crippen LogP contribution is 2.37. The van der Waals surface area contributed by atoms with Crippen LogP contribution in [0.3, 0.4) is 0 Å². The number of hydrogen-bond donors (Lipinski definition) is 3. The zero-order valence-corrected chi connectivity index (χ0v) is 17.1. The molecule has 0 radical (unpaired) electrons. The fourth-order valence-corrected chi connectivity index (χ4v) is 3.65. The minimum absolute atomic E-state index is 0.205. The monoisotopic (exact) mass is 428 g/mol. The van der Waals surface area contributed by atoms with Crippen LogP contribution in [0.25, 0.3) is 11.1 Å². The molecule has 2 amide bonds. The Morgan fingerprint density at radius 1 is 0.844 bits per heavy atom. The summed E-state index contributed by atoms with van der Waals surface area (Å²) in [5.41, 5.74) is 6.94. The van der Waals surface area contributed by atoms with E-state index in [0.29, 0.717) is 17.6 Å². The predicted molar refractivity (Wildman–Crippen MR) is 120 cm³/mol. The van der Waals surface area contributed by atoms with Gasteiger partial charge in [-0.2, -0.15) is 0 Å². The Morgan fingerprint density at radius 2 is 1.53 bits per heavy atom. The lowest BCUT2D eigenvalue weighted by Crippen LogP contribution is -2.25. The SMILES string of the molecule is O=C(NCc1ccc(C(=O)NO)cc1)C1=C(c2ccc(F)cc2)C=C(c2ccccc2)C1. The van der Waals surface area contributed by atoms with Crippen LogP contribution in [-0.4, -0.2) is 17.0 Å². The molecular formula is C26H21FN2O3. The van der Waals surface area contributed by atoms with Crippen LogP contribution in [0.15, 0.2) is 90.5 Å². The van der Waals surface area contributed by atoms with Crippen molar-refractivity contribution in [1.29, 1.82) is 0 Å². The van der Waals surface area contributed by atoms with E-state index in [1.807, 2.05) is 36.4 Å². The molecule has 0 aliphatic heterocycles. The maximum Gasteiger partial charge on any atom is 0.274 e. The second-order valence-electron chi connectivity index (χ2n) is 7.43. The lowest BCUT2D eigenvalue weighted by atomic mass is 10.0. The van der Waals surface area contributed by atoms with E-state index < -0.39 is 5.91 Å². The number of nitrogens with one attached hydrogen (secondary N) is 2. The molecule has 0 unspecified atom stereocenters. The van der Waals surface area contributed by atoms with Crippen LogP contribution in [0.1, 0.15) is 33.5 Å². The summed E-state index contributed by atoms with van der Waals surface area (Å²) in [5, 5.41) is 11.6. The Kier molecular flexibility index (Phi) is 6.24. The van der Waals surface area contributed by atoms with E-state index in [4.69, 9.17) is 5.21 Å². The van der Waals surface area contributed by atoms with Crippen molar-refractivity contribution in [1.82, 2.24) is 10.8 Å².